The molecule has 7 nitrogen and oxygen atoms in total. The average Bonchev–Trinajstić information content (AvgIpc) is 2.76. The molecule has 1 atom stereocenters. The number of rotatable bonds is 5. The summed E-state index contributed by atoms with van der Waals surface area (Å²) < 4.78 is 59.4. The van der Waals surface area contributed by atoms with E-state index in [2.05, 4.69) is 4.72 Å². The minimum atomic E-state index is -3.85. The highest BCUT2D eigenvalue weighted by Gasteiger charge is 2.27. The van der Waals surface area contributed by atoms with Crippen molar-refractivity contribution < 1.29 is 26.3 Å². The minimum Gasteiger partial charge on any atom is -0.493 e. The molecule has 0 bridgehead atoms. The fraction of sp³-hybridized carbons (Fsp3) is 0.333. The zero-order valence-corrected chi connectivity index (χ0v) is 13.1. The Morgan fingerprint density at radius 2 is 1.86 bits per heavy atom. The number of ether oxygens (including phenoxy) is 2. The van der Waals surface area contributed by atoms with Gasteiger partial charge in [-0.15, -0.1) is 0 Å². The van der Waals surface area contributed by atoms with Gasteiger partial charge in [0.1, 0.15) is 0 Å². The number of hydrogen-bond acceptors (Lipinski definition) is 6. The van der Waals surface area contributed by atoms with E-state index >= 15 is 0 Å². The molecular weight excluding hydrogens is 318 g/mol. The maximum Gasteiger partial charge on any atom is 0.241 e. The monoisotopic (exact) mass is 333 g/mol. The molecule has 1 aliphatic rings. The molecule has 1 aromatic carbocycles. The van der Waals surface area contributed by atoms with Gasteiger partial charge in [0, 0.05) is 11.5 Å². The zero-order chi connectivity index (χ0) is 15.7. The van der Waals surface area contributed by atoms with E-state index in [1.165, 1.54) is 38.5 Å². The normalized spacial score (nSPS) is 20.4. The Bertz CT molecular complexity index is 767. The van der Waals surface area contributed by atoms with Crippen LogP contribution in [0.1, 0.15) is 0 Å². The van der Waals surface area contributed by atoms with Gasteiger partial charge in [0.05, 0.1) is 30.9 Å². The molecule has 1 unspecified atom stereocenters. The van der Waals surface area contributed by atoms with Crippen LogP contribution in [0.4, 0.5) is 0 Å². The Morgan fingerprint density at radius 1 is 1.19 bits per heavy atom. The van der Waals surface area contributed by atoms with Crippen molar-refractivity contribution in [2.75, 3.05) is 20.0 Å². The molecule has 21 heavy (non-hydrogen) atoms. The fourth-order valence-electron chi connectivity index (χ4n) is 1.90. The standard InChI is InChI=1S/C12H15NO6S2/c1-18-11-4-3-10(7-12(11)19-2)21(16,17)13-9-5-6-20(14,15)8-9/h3-7,9,13H,8H2,1-2H3. The van der Waals surface area contributed by atoms with Crippen molar-refractivity contribution in [2.24, 2.45) is 0 Å². The van der Waals surface area contributed by atoms with Crippen LogP contribution >= 0.6 is 0 Å². The summed E-state index contributed by atoms with van der Waals surface area (Å²) in [6.45, 7) is 0. The van der Waals surface area contributed by atoms with E-state index in [1.54, 1.807) is 0 Å². The molecular formula is C12H15NO6S2. The van der Waals surface area contributed by atoms with E-state index in [4.69, 9.17) is 9.47 Å². The van der Waals surface area contributed by atoms with Crippen LogP contribution in [0.3, 0.4) is 0 Å². The smallest absolute Gasteiger partial charge is 0.241 e. The second-order valence-corrected chi connectivity index (χ2v) is 8.05. The van der Waals surface area contributed by atoms with E-state index < -0.39 is 25.9 Å². The van der Waals surface area contributed by atoms with Gasteiger partial charge >= 0.3 is 0 Å². The number of sulfonamides is 1. The topological polar surface area (TPSA) is 98.8 Å². The Labute approximate surface area is 123 Å². The molecule has 116 valence electrons. The molecule has 1 aliphatic heterocycles. The summed E-state index contributed by atoms with van der Waals surface area (Å²) in [5.41, 5.74) is 0. The van der Waals surface area contributed by atoms with Crippen LogP contribution < -0.4 is 14.2 Å². The largest absolute Gasteiger partial charge is 0.493 e. The molecule has 1 heterocycles. The first-order chi connectivity index (χ1) is 9.77. The first-order valence-corrected chi connectivity index (χ1v) is 9.12. The van der Waals surface area contributed by atoms with Gasteiger partial charge in [0.2, 0.25) is 10.0 Å². The van der Waals surface area contributed by atoms with Crippen LogP contribution in [0.5, 0.6) is 11.5 Å². The van der Waals surface area contributed by atoms with E-state index in [-0.39, 0.29) is 16.4 Å². The fourth-order valence-corrected chi connectivity index (χ4v) is 4.45. The number of methoxy groups -OCH3 is 2. The molecule has 0 aromatic heterocycles. The maximum atomic E-state index is 12.2. The van der Waals surface area contributed by atoms with E-state index in [9.17, 15) is 16.8 Å². The first-order valence-electron chi connectivity index (χ1n) is 5.93. The van der Waals surface area contributed by atoms with Gasteiger partial charge in [-0.2, -0.15) is 0 Å². The molecule has 0 saturated carbocycles. The van der Waals surface area contributed by atoms with E-state index in [1.807, 2.05) is 0 Å². The van der Waals surface area contributed by atoms with Crippen LogP contribution in [0.25, 0.3) is 0 Å². The summed E-state index contributed by atoms with van der Waals surface area (Å²) in [4.78, 5) is -0.0298. The second-order valence-electron chi connectivity index (χ2n) is 4.40. The van der Waals surface area contributed by atoms with Gasteiger partial charge in [-0.1, -0.05) is 6.08 Å². The summed E-state index contributed by atoms with van der Waals surface area (Å²) in [6.07, 6.45) is 1.31. The number of hydrogen-bond donors (Lipinski definition) is 1. The van der Waals surface area contributed by atoms with Crippen LogP contribution in [0.2, 0.25) is 0 Å². The summed E-state index contributed by atoms with van der Waals surface area (Å²) in [5, 5.41) is 1.01. The van der Waals surface area contributed by atoms with Crippen molar-refractivity contribution in [1.82, 2.24) is 4.72 Å². The SMILES string of the molecule is COc1ccc(S(=O)(=O)NC2C=CS(=O)(=O)C2)cc1OC. The maximum absolute atomic E-state index is 12.2. The molecule has 0 spiro atoms. The molecule has 1 N–H and O–H groups in total. The molecule has 0 radical (unpaired) electrons. The van der Waals surface area contributed by atoms with Crippen molar-refractivity contribution in [3.63, 3.8) is 0 Å². The van der Waals surface area contributed by atoms with Crippen LogP contribution in [0, 0.1) is 0 Å². The lowest BCUT2D eigenvalue weighted by Gasteiger charge is -2.13. The third kappa shape index (κ3) is 3.55. The van der Waals surface area contributed by atoms with Crippen molar-refractivity contribution in [3.8, 4) is 11.5 Å². The van der Waals surface area contributed by atoms with Crippen LogP contribution in [-0.4, -0.2) is 42.8 Å². The Kier molecular flexibility index (Phi) is 4.26. The van der Waals surface area contributed by atoms with Gasteiger partial charge in [-0.05, 0) is 12.1 Å². The summed E-state index contributed by atoms with van der Waals surface area (Å²) in [5.74, 6) is 0.397. The first kappa shape index (κ1) is 15.8. The van der Waals surface area contributed by atoms with E-state index in [0.29, 0.717) is 5.75 Å². The third-order valence-corrected chi connectivity index (χ3v) is 5.79. The Balaban J connectivity index is 2.26. The van der Waals surface area contributed by atoms with Crippen LogP contribution in [0.15, 0.2) is 34.6 Å². The predicted octanol–water partition coefficient (Wildman–Crippen LogP) is 0.293. The van der Waals surface area contributed by atoms with Crippen LogP contribution in [-0.2, 0) is 19.9 Å². The quantitative estimate of drug-likeness (QED) is 0.832. The number of nitrogens with one attached hydrogen (secondary N) is 1. The van der Waals surface area contributed by atoms with Crippen molar-refractivity contribution >= 4 is 19.9 Å². The van der Waals surface area contributed by atoms with E-state index in [0.717, 1.165) is 5.41 Å². The Morgan fingerprint density at radius 3 is 2.38 bits per heavy atom. The molecule has 0 fully saturated rings. The van der Waals surface area contributed by atoms with Gasteiger partial charge in [0.25, 0.3) is 0 Å². The summed E-state index contributed by atoms with van der Waals surface area (Å²) in [6, 6.07) is 3.37. The molecule has 0 saturated heterocycles. The summed E-state index contributed by atoms with van der Waals surface area (Å²) >= 11 is 0. The van der Waals surface area contributed by atoms with Crippen molar-refractivity contribution in [3.05, 3.63) is 29.7 Å². The summed E-state index contributed by atoms with van der Waals surface area (Å²) in [7, 11) is -4.34. The molecule has 0 aliphatic carbocycles. The highest BCUT2D eigenvalue weighted by molar-refractivity contribution is 7.94. The minimum absolute atomic E-state index is 0.0298. The van der Waals surface area contributed by atoms with Gasteiger partial charge in [-0.25, -0.2) is 21.6 Å². The van der Waals surface area contributed by atoms with Gasteiger partial charge < -0.3 is 9.47 Å². The second kappa shape index (κ2) is 5.66. The lowest BCUT2D eigenvalue weighted by Crippen LogP contribution is -2.35. The molecule has 2 rings (SSSR count). The van der Waals surface area contributed by atoms with Gasteiger partial charge in [0.15, 0.2) is 21.3 Å². The number of benzene rings is 1. The molecule has 9 heteroatoms. The lowest BCUT2D eigenvalue weighted by atomic mass is 10.3. The van der Waals surface area contributed by atoms with Gasteiger partial charge in [-0.3, -0.25) is 0 Å². The Hall–Kier alpha value is -1.58. The highest BCUT2D eigenvalue weighted by atomic mass is 32.2. The number of sulfone groups is 1. The highest BCUT2D eigenvalue weighted by Crippen LogP contribution is 2.29. The third-order valence-electron chi connectivity index (χ3n) is 2.90. The van der Waals surface area contributed by atoms with Crippen molar-refractivity contribution in [2.45, 2.75) is 10.9 Å². The zero-order valence-electron chi connectivity index (χ0n) is 11.4. The van der Waals surface area contributed by atoms with Crippen molar-refractivity contribution in [1.29, 1.82) is 0 Å². The predicted molar refractivity (Wildman–Crippen MR) is 76.6 cm³/mol. The molecule has 1 aromatic rings. The molecule has 0 amide bonds. The lowest BCUT2D eigenvalue weighted by molar-refractivity contribution is 0.354. The average molecular weight is 333 g/mol.